The molecule has 0 spiro atoms. The number of halogens is 4. The second-order valence-electron chi connectivity index (χ2n) is 6.58. The van der Waals surface area contributed by atoms with Gasteiger partial charge in [0, 0.05) is 23.2 Å². The van der Waals surface area contributed by atoms with Gasteiger partial charge in [0.05, 0.1) is 4.90 Å². The SMILES string of the molecule is NC(=O)C(c1ccccc1)N(Cc1cc(F)c(F)cc1F)S(=O)(=O)c1ccc(Cl)cc1. The van der Waals surface area contributed by atoms with Gasteiger partial charge in [0.15, 0.2) is 11.6 Å². The molecular formula is C21H16ClF3N2O3S. The number of carbonyl (C=O) groups excluding carboxylic acids is 1. The summed E-state index contributed by atoms with van der Waals surface area (Å²) in [6.07, 6.45) is 0. The summed E-state index contributed by atoms with van der Waals surface area (Å²) in [6.45, 7) is -0.781. The van der Waals surface area contributed by atoms with Crippen LogP contribution in [0.5, 0.6) is 0 Å². The minimum absolute atomic E-state index is 0.218. The zero-order valence-electron chi connectivity index (χ0n) is 15.8. The van der Waals surface area contributed by atoms with Crippen molar-refractivity contribution in [2.75, 3.05) is 0 Å². The Morgan fingerprint density at radius 3 is 2.10 bits per heavy atom. The number of nitrogens with two attached hydrogens (primary N) is 1. The van der Waals surface area contributed by atoms with Gasteiger partial charge in [0.1, 0.15) is 11.9 Å². The predicted molar refractivity (Wildman–Crippen MR) is 109 cm³/mol. The van der Waals surface area contributed by atoms with Gasteiger partial charge >= 0.3 is 0 Å². The minimum atomic E-state index is -4.46. The molecule has 0 bridgehead atoms. The molecule has 162 valence electrons. The summed E-state index contributed by atoms with van der Waals surface area (Å²) in [6, 6.07) is 12.1. The van der Waals surface area contributed by atoms with Gasteiger partial charge in [-0.15, -0.1) is 0 Å². The quantitative estimate of drug-likeness (QED) is 0.528. The van der Waals surface area contributed by atoms with E-state index in [0.29, 0.717) is 16.4 Å². The van der Waals surface area contributed by atoms with Crippen LogP contribution in [0, 0.1) is 17.5 Å². The third kappa shape index (κ3) is 4.90. The van der Waals surface area contributed by atoms with Crippen LogP contribution in [0.3, 0.4) is 0 Å². The lowest BCUT2D eigenvalue weighted by atomic mass is 10.1. The Morgan fingerprint density at radius 2 is 1.52 bits per heavy atom. The van der Waals surface area contributed by atoms with Gasteiger partial charge in [-0.25, -0.2) is 21.6 Å². The molecule has 0 aliphatic carbocycles. The zero-order valence-corrected chi connectivity index (χ0v) is 17.4. The van der Waals surface area contributed by atoms with Crippen LogP contribution in [-0.2, 0) is 21.4 Å². The number of hydrogen-bond donors (Lipinski definition) is 1. The molecule has 3 rings (SSSR count). The fourth-order valence-corrected chi connectivity index (χ4v) is 4.71. The monoisotopic (exact) mass is 468 g/mol. The molecule has 0 aliphatic heterocycles. The Bertz CT molecular complexity index is 1210. The molecule has 0 saturated carbocycles. The molecule has 0 aliphatic rings. The number of nitrogens with zero attached hydrogens (tertiary/aromatic N) is 1. The second-order valence-corrected chi connectivity index (χ2v) is 8.90. The van der Waals surface area contributed by atoms with Gasteiger partial charge in [-0.1, -0.05) is 41.9 Å². The summed E-state index contributed by atoms with van der Waals surface area (Å²) in [5.41, 5.74) is 5.26. The number of sulfonamides is 1. The Kier molecular flexibility index (Phi) is 6.68. The van der Waals surface area contributed by atoms with E-state index in [-0.39, 0.29) is 15.5 Å². The zero-order chi connectivity index (χ0) is 22.8. The molecule has 3 aromatic rings. The highest BCUT2D eigenvalue weighted by Crippen LogP contribution is 2.31. The number of primary amides is 1. The lowest BCUT2D eigenvalue weighted by Crippen LogP contribution is -2.41. The van der Waals surface area contributed by atoms with Crippen LogP contribution in [0.4, 0.5) is 13.2 Å². The van der Waals surface area contributed by atoms with Gasteiger partial charge in [-0.3, -0.25) is 4.79 Å². The largest absolute Gasteiger partial charge is 0.368 e. The maximum atomic E-state index is 14.3. The van der Waals surface area contributed by atoms with E-state index < -0.39 is 51.5 Å². The van der Waals surface area contributed by atoms with Crippen molar-refractivity contribution in [3.05, 3.63) is 100 Å². The van der Waals surface area contributed by atoms with Crippen LogP contribution in [-0.4, -0.2) is 18.6 Å². The van der Waals surface area contributed by atoms with E-state index >= 15 is 0 Å². The molecule has 1 amide bonds. The Labute approximate surface area is 181 Å². The van der Waals surface area contributed by atoms with Crippen LogP contribution in [0.15, 0.2) is 71.6 Å². The third-order valence-electron chi connectivity index (χ3n) is 4.51. The number of hydrogen-bond acceptors (Lipinski definition) is 3. The van der Waals surface area contributed by atoms with Crippen molar-refractivity contribution in [1.82, 2.24) is 4.31 Å². The van der Waals surface area contributed by atoms with Gasteiger partial charge in [0.2, 0.25) is 15.9 Å². The van der Waals surface area contributed by atoms with Crippen LogP contribution < -0.4 is 5.73 Å². The van der Waals surface area contributed by atoms with E-state index in [2.05, 4.69) is 0 Å². The van der Waals surface area contributed by atoms with E-state index in [4.69, 9.17) is 17.3 Å². The summed E-state index contributed by atoms with van der Waals surface area (Å²) in [4.78, 5) is 12.1. The van der Waals surface area contributed by atoms with Crippen molar-refractivity contribution in [2.24, 2.45) is 5.73 Å². The molecule has 2 N–H and O–H groups in total. The average Bonchev–Trinajstić information content (AvgIpc) is 2.72. The highest BCUT2D eigenvalue weighted by atomic mass is 35.5. The van der Waals surface area contributed by atoms with Gasteiger partial charge in [-0.2, -0.15) is 4.31 Å². The van der Waals surface area contributed by atoms with E-state index in [9.17, 15) is 26.4 Å². The van der Waals surface area contributed by atoms with Crippen molar-refractivity contribution in [3.63, 3.8) is 0 Å². The first-order valence-electron chi connectivity index (χ1n) is 8.86. The molecule has 1 unspecified atom stereocenters. The predicted octanol–water partition coefficient (Wildman–Crippen LogP) is 4.17. The number of benzene rings is 3. The average molecular weight is 469 g/mol. The number of carbonyl (C=O) groups is 1. The first-order chi connectivity index (χ1) is 14.6. The molecular weight excluding hydrogens is 453 g/mol. The van der Waals surface area contributed by atoms with Crippen molar-refractivity contribution < 1.29 is 26.4 Å². The lowest BCUT2D eigenvalue weighted by molar-refractivity contribution is -0.122. The van der Waals surface area contributed by atoms with Crippen molar-refractivity contribution >= 4 is 27.5 Å². The van der Waals surface area contributed by atoms with Crippen molar-refractivity contribution in [2.45, 2.75) is 17.5 Å². The van der Waals surface area contributed by atoms with E-state index in [1.807, 2.05) is 0 Å². The molecule has 0 radical (unpaired) electrons. The molecule has 0 heterocycles. The summed E-state index contributed by atoms with van der Waals surface area (Å²) in [5, 5.41) is 0.270. The molecule has 1 atom stereocenters. The summed E-state index contributed by atoms with van der Waals surface area (Å²) in [5.74, 6) is -5.00. The molecule has 3 aromatic carbocycles. The standard InChI is InChI=1S/C21H16ClF3N2O3S/c22-15-6-8-16(9-7-15)31(29,30)27(12-14-10-18(24)19(25)11-17(14)23)20(21(26)28)13-4-2-1-3-5-13/h1-11,20H,12H2,(H2,26,28). The fraction of sp³-hybridized carbons (Fsp3) is 0.0952. The van der Waals surface area contributed by atoms with E-state index in [1.54, 1.807) is 18.2 Å². The van der Waals surface area contributed by atoms with Gasteiger partial charge in [0.25, 0.3) is 0 Å². The Balaban J connectivity index is 2.19. The minimum Gasteiger partial charge on any atom is -0.368 e. The Morgan fingerprint density at radius 1 is 0.935 bits per heavy atom. The van der Waals surface area contributed by atoms with Crippen LogP contribution in [0.1, 0.15) is 17.2 Å². The lowest BCUT2D eigenvalue weighted by Gasteiger charge is -2.29. The third-order valence-corrected chi connectivity index (χ3v) is 6.59. The van der Waals surface area contributed by atoms with Crippen LogP contribution in [0.25, 0.3) is 0 Å². The first-order valence-corrected chi connectivity index (χ1v) is 10.7. The van der Waals surface area contributed by atoms with Crippen molar-refractivity contribution in [3.8, 4) is 0 Å². The van der Waals surface area contributed by atoms with Crippen molar-refractivity contribution in [1.29, 1.82) is 0 Å². The molecule has 0 fully saturated rings. The van der Waals surface area contributed by atoms with E-state index in [0.717, 1.165) is 0 Å². The number of amides is 1. The maximum Gasteiger partial charge on any atom is 0.244 e. The number of rotatable bonds is 7. The second kappa shape index (κ2) is 9.09. The molecule has 5 nitrogen and oxygen atoms in total. The molecule has 31 heavy (non-hydrogen) atoms. The normalized spacial score (nSPS) is 12.7. The molecule has 0 saturated heterocycles. The topological polar surface area (TPSA) is 80.5 Å². The molecule has 10 heteroatoms. The van der Waals surface area contributed by atoms with Crippen LogP contribution in [0.2, 0.25) is 5.02 Å². The van der Waals surface area contributed by atoms with Gasteiger partial charge in [-0.05, 0) is 35.9 Å². The smallest absolute Gasteiger partial charge is 0.244 e. The maximum absolute atomic E-state index is 14.3. The fourth-order valence-electron chi connectivity index (χ4n) is 3.02. The van der Waals surface area contributed by atoms with Gasteiger partial charge < -0.3 is 5.73 Å². The van der Waals surface area contributed by atoms with Crippen LogP contribution >= 0.6 is 11.6 Å². The highest BCUT2D eigenvalue weighted by Gasteiger charge is 2.37. The summed E-state index contributed by atoms with van der Waals surface area (Å²) >= 11 is 5.82. The Hall–Kier alpha value is -2.88. The summed E-state index contributed by atoms with van der Waals surface area (Å²) in [7, 11) is -4.46. The first kappa shape index (κ1) is 22.8. The summed E-state index contributed by atoms with van der Waals surface area (Å²) < 4.78 is 68.9. The molecule has 0 aromatic heterocycles. The highest BCUT2D eigenvalue weighted by molar-refractivity contribution is 7.89. The van der Waals surface area contributed by atoms with E-state index in [1.165, 1.54) is 36.4 Å².